The Kier molecular flexibility index (Phi) is 16.6. The molecule has 0 aliphatic carbocycles. The number of carbonyl (C=O) groups excluding carboxylic acids is 1. The van der Waals surface area contributed by atoms with E-state index in [1.165, 1.54) is 6.92 Å². The van der Waals surface area contributed by atoms with Crippen molar-refractivity contribution in [3.63, 3.8) is 0 Å². The molecule has 0 spiro atoms. The van der Waals surface area contributed by atoms with Gasteiger partial charge in [-0.3, -0.25) is 9.78 Å². The Balaban J connectivity index is -0.000000595. The van der Waals surface area contributed by atoms with Crippen molar-refractivity contribution < 1.29 is 9.53 Å². The van der Waals surface area contributed by atoms with Gasteiger partial charge in [-0.05, 0) is 39.3 Å². The average Bonchev–Trinajstić information content (AvgIpc) is 2.52. The molecule has 0 aliphatic rings. The van der Waals surface area contributed by atoms with E-state index in [1.54, 1.807) is 26.1 Å². The minimum atomic E-state index is -0.855. The lowest BCUT2D eigenvalue weighted by Gasteiger charge is -2.23. The van der Waals surface area contributed by atoms with Crippen LogP contribution in [0.25, 0.3) is 5.57 Å². The molecule has 23 heavy (non-hydrogen) atoms. The quantitative estimate of drug-likeness (QED) is 0.660. The maximum absolute atomic E-state index is 11.4. The van der Waals surface area contributed by atoms with Crippen LogP contribution in [0.2, 0.25) is 0 Å². The third-order valence-corrected chi connectivity index (χ3v) is 2.81. The van der Waals surface area contributed by atoms with Gasteiger partial charge in [0.15, 0.2) is 11.4 Å². The summed E-state index contributed by atoms with van der Waals surface area (Å²) >= 11 is 4.32. The topological polar surface area (TPSA) is 39.2 Å². The minimum Gasteiger partial charge on any atom is -0.478 e. The molecule has 134 valence electrons. The molecule has 0 amide bonds. The van der Waals surface area contributed by atoms with Gasteiger partial charge < -0.3 is 4.74 Å². The lowest BCUT2D eigenvalue weighted by molar-refractivity contribution is -0.129. The molecule has 4 heteroatoms. The highest BCUT2D eigenvalue weighted by atomic mass is 32.1. The van der Waals surface area contributed by atoms with E-state index in [2.05, 4.69) is 24.2 Å². The molecule has 0 aliphatic heterocycles. The molecule has 0 radical (unpaired) electrons. The van der Waals surface area contributed by atoms with E-state index < -0.39 is 5.60 Å². The lowest BCUT2D eigenvalue weighted by Crippen LogP contribution is -2.36. The summed E-state index contributed by atoms with van der Waals surface area (Å²) in [5.74, 6) is 0.488. The fourth-order valence-corrected chi connectivity index (χ4v) is 1.56. The Morgan fingerprint density at radius 2 is 1.57 bits per heavy atom. The standard InChI is InChI=1S/C13H17NO2S.3C2H6/c1-8(2)12-11(17)6-10(7-14-12)16-13(4,5)9(3)15;3*1-2/h6-7,17H,1H2,2-5H3;3*1-2H3. The Hall–Kier alpha value is -1.29. The van der Waals surface area contributed by atoms with E-state index in [-0.39, 0.29) is 5.78 Å². The van der Waals surface area contributed by atoms with Gasteiger partial charge in [-0.15, -0.1) is 12.6 Å². The molecule has 1 aromatic rings. The molecule has 0 fully saturated rings. The summed E-state index contributed by atoms with van der Waals surface area (Å²) in [4.78, 5) is 16.2. The van der Waals surface area contributed by atoms with Gasteiger partial charge in [0.1, 0.15) is 5.75 Å². The van der Waals surface area contributed by atoms with Gasteiger partial charge in [-0.2, -0.15) is 0 Å². The van der Waals surface area contributed by atoms with Gasteiger partial charge in [0.05, 0.1) is 11.9 Å². The van der Waals surface area contributed by atoms with Crippen molar-refractivity contribution in [3.05, 3.63) is 24.5 Å². The van der Waals surface area contributed by atoms with Crippen molar-refractivity contribution >= 4 is 24.0 Å². The highest BCUT2D eigenvalue weighted by Gasteiger charge is 2.26. The number of rotatable bonds is 4. The van der Waals surface area contributed by atoms with E-state index in [4.69, 9.17) is 4.74 Å². The van der Waals surface area contributed by atoms with Crippen LogP contribution in [-0.2, 0) is 4.79 Å². The second kappa shape index (κ2) is 14.3. The number of ether oxygens (including phenoxy) is 1. The van der Waals surface area contributed by atoms with Crippen molar-refractivity contribution in [1.82, 2.24) is 4.98 Å². The molecular weight excluding hydrogens is 306 g/mol. The van der Waals surface area contributed by atoms with Crippen LogP contribution in [0.1, 0.15) is 74.9 Å². The molecule has 0 bridgehead atoms. The lowest BCUT2D eigenvalue weighted by atomic mass is 10.1. The van der Waals surface area contributed by atoms with Crippen molar-refractivity contribution in [2.45, 2.75) is 79.7 Å². The van der Waals surface area contributed by atoms with Crippen LogP contribution < -0.4 is 4.74 Å². The number of hydrogen-bond donors (Lipinski definition) is 1. The van der Waals surface area contributed by atoms with Gasteiger partial charge >= 0.3 is 0 Å². The number of carbonyl (C=O) groups is 1. The van der Waals surface area contributed by atoms with Crippen LogP contribution in [0, 0.1) is 0 Å². The normalized spacial score (nSPS) is 9.00. The van der Waals surface area contributed by atoms with Crippen molar-refractivity contribution in [2.24, 2.45) is 0 Å². The largest absolute Gasteiger partial charge is 0.478 e. The fourth-order valence-electron chi connectivity index (χ4n) is 1.19. The molecule has 0 saturated carbocycles. The summed E-state index contributed by atoms with van der Waals surface area (Å²) in [6.45, 7) is 22.6. The average molecular weight is 342 g/mol. The van der Waals surface area contributed by atoms with Gasteiger partial charge in [0.25, 0.3) is 0 Å². The number of pyridine rings is 1. The third kappa shape index (κ3) is 10.2. The molecule has 0 N–H and O–H groups in total. The first-order valence-corrected chi connectivity index (χ1v) is 8.73. The summed E-state index contributed by atoms with van der Waals surface area (Å²) in [7, 11) is 0. The van der Waals surface area contributed by atoms with Crippen LogP contribution in [-0.4, -0.2) is 16.4 Å². The summed E-state index contributed by atoms with van der Waals surface area (Å²) < 4.78 is 5.59. The van der Waals surface area contributed by atoms with Crippen molar-refractivity contribution in [3.8, 4) is 5.75 Å². The molecule has 0 saturated heterocycles. The van der Waals surface area contributed by atoms with E-state index in [1.807, 2.05) is 48.5 Å². The molecule has 1 heterocycles. The van der Waals surface area contributed by atoms with E-state index >= 15 is 0 Å². The minimum absolute atomic E-state index is 0.0396. The number of ketones is 1. The van der Waals surface area contributed by atoms with Crippen molar-refractivity contribution in [1.29, 1.82) is 0 Å². The van der Waals surface area contributed by atoms with Crippen LogP contribution in [0.5, 0.6) is 5.75 Å². The summed E-state index contributed by atoms with van der Waals surface area (Å²) in [6, 6.07) is 1.74. The Bertz CT molecular complexity index is 468. The third-order valence-electron chi connectivity index (χ3n) is 2.47. The Morgan fingerprint density at radius 1 is 1.13 bits per heavy atom. The van der Waals surface area contributed by atoms with Crippen LogP contribution in [0.3, 0.4) is 0 Å². The van der Waals surface area contributed by atoms with Gasteiger partial charge in [0, 0.05) is 4.90 Å². The fraction of sp³-hybridized carbons (Fsp3) is 0.579. The zero-order chi connectivity index (χ0) is 19.2. The molecule has 3 nitrogen and oxygen atoms in total. The summed E-state index contributed by atoms with van der Waals surface area (Å²) in [6.07, 6.45) is 1.58. The maximum Gasteiger partial charge on any atom is 0.172 e. The number of thiol groups is 1. The highest BCUT2D eigenvalue weighted by Crippen LogP contribution is 2.25. The molecule has 0 unspecified atom stereocenters. The van der Waals surface area contributed by atoms with Crippen LogP contribution >= 0.6 is 12.6 Å². The first-order valence-electron chi connectivity index (χ1n) is 8.29. The highest BCUT2D eigenvalue weighted by molar-refractivity contribution is 7.80. The zero-order valence-electron chi connectivity index (χ0n) is 16.6. The number of allylic oxidation sites excluding steroid dienone is 1. The molecule has 0 aromatic carbocycles. The molecule has 1 aromatic heterocycles. The number of Topliss-reactive ketones (excluding diaryl/α,β-unsaturated/α-hetero) is 1. The predicted molar refractivity (Wildman–Crippen MR) is 106 cm³/mol. The number of nitrogens with zero attached hydrogens (tertiary/aromatic N) is 1. The molecule has 1 rings (SSSR count). The zero-order valence-corrected chi connectivity index (χ0v) is 17.5. The van der Waals surface area contributed by atoms with E-state index in [9.17, 15) is 4.79 Å². The smallest absolute Gasteiger partial charge is 0.172 e. The van der Waals surface area contributed by atoms with Gasteiger partial charge in [-0.1, -0.05) is 48.1 Å². The SMILES string of the molecule is C=C(C)c1ncc(OC(C)(C)C(C)=O)cc1S.CC.CC.CC. The Morgan fingerprint density at radius 3 is 1.87 bits per heavy atom. The first kappa shape index (κ1) is 26.6. The Labute approximate surface area is 149 Å². The number of hydrogen-bond acceptors (Lipinski definition) is 4. The second-order valence-electron chi connectivity index (χ2n) is 4.49. The van der Waals surface area contributed by atoms with Crippen LogP contribution in [0.15, 0.2) is 23.7 Å². The first-order chi connectivity index (χ1) is 10.7. The van der Waals surface area contributed by atoms with E-state index in [0.717, 1.165) is 11.3 Å². The van der Waals surface area contributed by atoms with Crippen molar-refractivity contribution in [2.75, 3.05) is 0 Å². The monoisotopic (exact) mass is 341 g/mol. The van der Waals surface area contributed by atoms with Gasteiger partial charge in [-0.25, -0.2) is 0 Å². The molecule has 0 atom stereocenters. The van der Waals surface area contributed by atoms with Gasteiger partial charge in [0.2, 0.25) is 0 Å². The van der Waals surface area contributed by atoms with Crippen LogP contribution in [0.4, 0.5) is 0 Å². The van der Waals surface area contributed by atoms with E-state index in [0.29, 0.717) is 10.6 Å². The summed E-state index contributed by atoms with van der Waals surface area (Å²) in [5, 5.41) is 0. The predicted octanol–water partition coefficient (Wildman–Crippen LogP) is 6.23. The second-order valence-corrected chi connectivity index (χ2v) is 4.97. The number of aromatic nitrogens is 1. The summed E-state index contributed by atoms with van der Waals surface area (Å²) in [5.41, 5.74) is 0.723. The maximum atomic E-state index is 11.4. The molecular formula is C19H35NO2S.